The lowest BCUT2D eigenvalue weighted by atomic mass is 9.96. The zero-order chi connectivity index (χ0) is 13.4. The third-order valence-electron chi connectivity index (χ3n) is 3.28. The molecule has 0 unspecified atom stereocenters. The number of rotatable bonds is 1. The van der Waals surface area contributed by atoms with Gasteiger partial charge in [0.2, 0.25) is 0 Å². The predicted molar refractivity (Wildman–Crippen MR) is 78.5 cm³/mol. The number of aryl methyl sites for hydroxylation is 1. The molecule has 0 aliphatic rings. The lowest BCUT2D eigenvalue weighted by Gasteiger charge is -2.09. The van der Waals surface area contributed by atoms with Gasteiger partial charge < -0.3 is 5.73 Å². The first-order valence-corrected chi connectivity index (χ1v) is 6.20. The van der Waals surface area contributed by atoms with Crippen LogP contribution in [0.1, 0.15) is 5.56 Å². The summed E-state index contributed by atoms with van der Waals surface area (Å²) in [7, 11) is 0. The van der Waals surface area contributed by atoms with Crippen LogP contribution in [0, 0.1) is 12.7 Å². The average molecular weight is 251 g/mol. The van der Waals surface area contributed by atoms with Gasteiger partial charge in [0.25, 0.3) is 0 Å². The van der Waals surface area contributed by atoms with E-state index in [4.69, 9.17) is 5.73 Å². The number of anilines is 1. The molecule has 0 heterocycles. The molecule has 2 N–H and O–H groups in total. The summed E-state index contributed by atoms with van der Waals surface area (Å²) in [6.07, 6.45) is 0. The van der Waals surface area contributed by atoms with Crippen molar-refractivity contribution in [2.24, 2.45) is 0 Å². The van der Waals surface area contributed by atoms with E-state index in [0.29, 0.717) is 5.39 Å². The number of halogens is 1. The maximum absolute atomic E-state index is 13.8. The largest absolute Gasteiger partial charge is 0.399 e. The number of benzene rings is 3. The van der Waals surface area contributed by atoms with E-state index >= 15 is 0 Å². The lowest BCUT2D eigenvalue weighted by molar-refractivity contribution is 0.640. The van der Waals surface area contributed by atoms with E-state index in [1.54, 1.807) is 6.07 Å². The van der Waals surface area contributed by atoms with Crippen LogP contribution < -0.4 is 5.73 Å². The van der Waals surface area contributed by atoms with Gasteiger partial charge in [0, 0.05) is 11.1 Å². The van der Waals surface area contributed by atoms with E-state index in [9.17, 15) is 4.39 Å². The fourth-order valence-corrected chi connectivity index (χ4v) is 2.48. The van der Waals surface area contributed by atoms with Crippen molar-refractivity contribution in [3.05, 3.63) is 66.0 Å². The molecule has 2 heteroatoms. The minimum Gasteiger partial charge on any atom is -0.399 e. The summed E-state index contributed by atoms with van der Waals surface area (Å²) >= 11 is 0. The highest BCUT2D eigenvalue weighted by Gasteiger charge is 2.08. The minimum absolute atomic E-state index is 0.194. The number of hydrogen-bond acceptors (Lipinski definition) is 1. The van der Waals surface area contributed by atoms with Gasteiger partial charge in [0.15, 0.2) is 0 Å². The predicted octanol–water partition coefficient (Wildman–Crippen LogP) is 4.54. The first-order chi connectivity index (χ1) is 9.15. The molecular weight excluding hydrogens is 237 g/mol. The Morgan fingerprint density at radius 3 is 2.37 bits per heavy atom. The number of fused-ring (bicyclic) bond motifs is 1. The van der Waals surface area contributed by atoms with Crippen molar-refractivity contribution in [1.29, 1.82) is 0 Å². The maximum atomic E-state index is 13.8. The summed E-state index contributed by atoms with van der Waals surface area (Å²) in [4.78, 5) is 0. The summed E-state index contributed by atoms with van der Waals surface area (Å²) in [5.74, 6) is -0.194. The van der Waals surface area contributed by atoms with Gasteiger partial charge in [-0.2, -0.15) is 0 Å². The highest BCUT2D eigenvalue weighted by atomic mass is 19.1. The van der Waals surface area contributed by atoms with Gasteiger partial charge in [0.05, 0.1) is 0 Å². The van der Waals surface area contributed by atoms with Crippen molar-refractivity contribution in [2.75, 3.05) is 5.73 Å². The monoisotopic (exact) mass is 251 g/mol. The molecule has 0 aliphatic carbocycles. The third kappa shape index (κ3) is 2.06. The molecule has 0 amide bonds. The first-order valence-electron chi connectivity index (χ1n) is 6.20. The summed E-state index contributed by atoms with van der Waals surface area (Å²) in [5.41, 5.74) is 9.75. The van der Waals surface area contributed by atoms with Crippen LogP contribution >= 0.6 is 0 Å². The van der Waals surface area contributed by atoms with E-state index in [2.05, 4.69) is 6.07 Å². The van der Waals surface area contributed by atoms with Gasteiger partial charge in [-0.15, -0.1) is 0 Å². The Labute approximate surface area is 111 Å². The van der Waals surface area contributed by atoms with Crippen LogP contribution in [-0.2, 0) is 0 Å². The number of nitrogen functional groups attached to an aromatic ring is 1. The van der Waals surface area contributed by atoms with Crippen molar-refractivity contribution in [2.45, 2.75) is 6.92 Å². The van der Waals surface area contributed by atoms with Gasteiger partial charge in [-0.3, -0.25) is 0 Å². The Balaban J connectivity index is 2.34. The van der Waals surface area contributed by atoms with Crippen molar-refractivity contribution in [3.63, 3.8) is 0 Å². The second-order valence-electron chi connectivity index (χ2n) is 4.77. The molecule has 0 saturated heterocycles. The molecule has 0 fully saturated rings. The third-order valence-corrected chi connectivity index (χ3v) is 3.28. The Morgan fingerprint density at radius 2 is 1.63 bits per heavy atom. The molecule has 0 aromatic heterocycles. The van der Waals surface area contributed by atoms with E-state index in [-0.39, 0.29) is 5.82 Å². The van der Waals surface area contributed by atoms with Gasteiger partial charge >= 0.3 is 0 Å². The average Bonchev–Trinajstić information content (AvgIpc) is 2.38. The van der Waals surface area contributed by atoms with Crippen LogP contribution in [0.25, 0.3) is 21.9 Å². The van der Waals surface area contributed by atoms with Gasteiger partial charge in [0.1, 0.15) is 5.82 Å². The number of hydrogen-bond donors (Lipinski definition) is 1. The van der Waals surface area contributed by atoms with E-state index in [1.165, 1.54) is 6.07 Å². The molecule has 3 aromatic carbocycles. The van der Waals surface area contributed by atoms with E-state index in [1.807, 2.05) is 43.3 Å². The Kier molecular flexibility index (Phi) is 2.71. The van der Waals surface area contributed by atoms with Crippen molar-refractivity contribution < 1.29 is 4.39 Å². The summed E-state index contributed by atoms with van der Waals surface area (Å²) in [6, 6.07) is 16.7. The second-order valence-corrected chi connectivity index (χ2v) is 4.77. The normalized spacial score (nSPS) is 10.8. The van der Waals surface area contributed by atoms with E-state index < -0.39 is 0 Å². The van der Waals surface area contributed by atoms with Crippen molar-refractivity contribution in [1.82, 2.24) is 0 Å². The minimum atomic E-state index is -0.194. The zero-order valence-electron chi connectivity index (χ0n) is 10.7. The molecule has 3 rings (SSSR count). The second kappa shape index (κ2) is 4.39. The van der Waals surface area contributed by atoms with E-state index in [0.717, 1.165) is 27.8 Å². The smallest absolute Gasteiger partial charge is 0.131 e. The Bertz CT molecular complexity index is 742. The molecule has 0 aliphatic heterocycles. The quantitative estimate of drug-likeness (QED) is 0.631. The summed E-state index contributed by atoms with van der Waals surface area (Å²) < 4.78 is 13.8. The Hall–Kier alpha value is -2.35. The first kappa shape index (κ1) is 11.7. The van der Waals surface area contributed by atoms with Crippen LogP contribution in [0.15, 0.2) is 54.6 Å². The van der Waals surface area contributed by atoms with Gasteiger partial charge in [-0.05, 0) is 47.2 Å². The topological polar surface area (TPSA) is 26.0 Å². The highest BCUT2D eigenvalue weighted by Crippen LogP contribution is 2.31. The fraction of sp³-hybridized carbons (Fsp3) is 0.0588. The van der Waals surface area contributed by atoms with Crippen LogP contribution in [-0.4, -0.2) is 0 Å². The number of nitrogens with two attached hydrogens (primary N) is 1. The molecule has 1 nitrogen and oxygen atoms in total. The van der Waals surface area contributed by atoms with Crippen molar-refractivity contribution in [3.8, 4) is 11.1 Å². The van der Waals surface area contributed by atoms with Crippen LogP contribution in [0.3, 0.4) is 0 Å². The van der Waals surface area contributed by atoms with Gasteiger partial charge in [-0.25, -0.2) is 4.39 Å². The van der Waals surface area contributed by atoms with Gasteiger partial charge in [-0.1, -0.05) is 36.4 Å². The molecule has 0 radical (unpaired) electrons. The molecule has 0 spiro atoms. The molecule has 0 bridgehead atoms. The standard InChI is InChI=1S/C17H14FN/c1-11-8-12(10-13(19)9-11)14-6-7-17(18)16-5-3-2-4-15(14)16/h2-10H,19H2,1H3. The summed E-state index contributed by atoms with van der Waals surface area (Å²) in [6.45, 7) is 2.01. The van der Waals surface area contributed by atoms with Crippen LogP contribution in [0.2, 0.25) is 0 Å². The SMILES string of the molecule is Cc1cc(N)cc(-c2ccc(F)c3ccccc23)c1. The molecular formula is C17H14FN. The van der Waals surface area contributed by atoms with Crippen molar-refractivity contribution >= 4 is 16.5 Å². The molecule has 94 valence electrons. The van der Waals surface area contributed by atoms with Crippen LogP contribution in [0.4, 0.5) is 10.1 Å². The molecule has 19 heavy (non-hydrogen) atoms. The highest BCUT2D eigenvalue weighted by molar-refractivity contribution is 5.97. The maximum Gasteiger partial charge on any atom is 0.131 e. The fourth-order valence-electron chi connectivity index (χ4n) is 2.48. The lowest BCUT2D eigenvalue weighted by Crippen LogP contribution is -1.89. The summed E-state index contributed by atoms with van der Waals surface area (Å²) in [5, 5.41) is 1.55. The molecule has 0 saturated carbocycles. The zero-order valence-corrected chi connectivity index (χ0v) is 10.7. The van der Waals surface area contributed by atoms with Crippen LogP contribution in [0.5, 0.6) is 0 Å². The Morgan fingerprint density at radius 1 is 0.895 bits per heavy atom. The molecule has 3 aromatic rings. The molecule has 0 atom stereocenters.